The molecule has 1 unspecified atom stereocenters. The van der Waals surface area contributed by atoms with Crippen molar-refractivity contribution in [1.82, 2.24) is 4.90 Å². The van der Waals surface area contributed by atoms with Crippen LogP contribution in [0.15, 0.2) is 0 Å². The van der Waals surface area contributed by atoms with E-state index in [1.54, 1.807) is 11.8 Å². The topological polar surface area (TPSA) is 83.6 Å². The van der Waals surface area contributed by atoms with Crippen molar-refractivity contribution in [3.8, 4) is 0 Å². The van der Waals surface area contributed by atoms with Crippen molar-refractivity contribution < 1.29 is 14.7 Å². The van der Waals surface area contributed by atoms with E-state index < -0.39 is 12.0 Å². The van der Waals surface area contributed by atoms with Gasteiger partial charge in [-0.15, -0.1) is 0 Å². The van der Waals surface area contributed by atoms with E-state index >= 15 is 0 Å². The third-order valence-corrected chi connectivity index (χ3v) is 2.68. The minimum Gasteiger partial charge on any atom is -0.481 e. The Kier molecular flexibility index (Phi) is 4.08. The maximum atomic E-state index is 11.6. The van der Waals surface area contributed by atoms with E-state index in [1.807, 2.05) is 0 Å². The number of likely N-dealkylation sites (tertiary alicyclic amines) is 1. The van der Waals surface area contributed by atoms with Crippen LogP contribution in [-0.4, -0.2) is 41.0 Å². The second-order valence-corrected chi connectivity index (χ2v) is 4.18. The molecular weight excluding hydrogens is 196 g/mol. The number of carboxylic acid groups (broad SMARTS) is 1. The largest absolute Gasteiger partial charge is 0.481 e. The number of amides is 1. The Hall–Kier alpha value is -1.10. The first-order valence-corrected chi connectivity index (χ1v) is 5.27. The summed E-state index contributed by atoms with van der Waals surface area (Å²) in [5, 5.41) is 8.67. The highest BCUT2D eigenvalue weighted by molar-refractivity contribution is 5.81. The molecule has 0 aliphatic carbocycles. The zero-order valence-electron chi connectivity index (χ0n) is 8.98. The molecule has 0 aromatic heterocycles. The molecule has 5 nitrogen and oxygen atoms in total. The third kappa shape index (κ3) is 3.51. The molecule has 1 rings (SSSR count). The van der Waals surface area contributed by atoms with Gasteiger partial charge in [0.15, 0.2) is 0 Å². The van der Waals surface area contributed by atoms with Crippen LogP contribution in [0.3, 0.4) is 0 Å². The van der Waals surface area contributed by atoms with Crippen molar-refractivity contribution in [2.45, 2.75) is 32.2 Å². The molecule has 86 valence electrons. The monoisotopic (exact) mass is 214 g/mol. The van der Waals surface area contributed by atoms with Crippen molar-refractivity contribution in [3.05, 3.63) is 0 Å². The van der Waals surface area contributed by atoms with Crippen LogP contribution < -0.4 is 5.73 Å². The minimum absolute atomic E-state index is 0.0786. The molecule has 0 spiro atoms. The van der Waals surface area contributed by atoms with Crippen LogP contribution in [0.5, 0.6) is 0 Å². The molecule has 1 aliphatic heterocycles. The number of aliphatic carboxylic acids is 1. The number of hydrogen-bond acceptors (Lipinski definition) is 3. The Morgan fingerprint density at radius 2 is 2.27 bits per heavy atom. The lowest BCUT2D eigenvalue weighted by atomic mass is 9.94. The van der Waals surface area contributed by atoms with E-state index in [2.05, 4.69) is 0 Å². The van der Waals surface area contributed by atoms with Gasteiger partial charge >= 0.3 is 5.97 Å². The van der Waals surface area contributed by atoms with Crippen LogP contribution >= 0.6 is 0 Å². The van der Waals surface area contributed by atoms with Gasteiger partial charge in [-0.3, -0.25) is 9.59 Å². The molecule has 1 aliphatic rings. The molecule has 0 aromatic carbocycles. The number of nitrogens with two attached hydrogens (primary N) is 1. The molecule has 1 saturated heterocycles. The highest BCUT2D eigenvalue weighted by atomic mass is 16.4. The van der Waals surface area contributed by atoms with Gasteiger partial charge in [-0.2, -0.15) is 0 Å². The Bertz CT molecular complexity index is 253. The predicted octanol–water partition coefficient (Wildman–Crippen LogP) is 0.0469. The lowest BCUT2D eigenvalue weighted by molar-refractivity contribution is -0.141. The second kappa shape index (κ2) is 5.11. The molecule has 1 heterocycles. The maximum Gasteiger partial charge on any atom is 0.303 e. The second-order valence-electron chi connectivity index (χ2n) is 4.18. The van der Waals surface area contributed by atoms with Gasteiger partial charge in [0.25, 0.3) is 0 Å². The van der Waals surface area contributed by atoms with Gasteiger partial charge in [0.1, 0.15) is 0 Å². The number of rotatable bonds is 3. The van der Waals surface area contributed by atoms with Gasteiger partial charge in [-0.25, -0.2) is 0 Å². The molecule has 0 saturated carbocycles. The molecule has 0 radical (unpaired) electrons. The summed E-state index contributed by atoms with van der Waals surface area (Å²) in [7, 11) is 0. The number of carboxylic acids is 1. The lowest BCUT2D eigenvalue weighted by Gasteiger charge is -2.33. The average Bonchev–Trinajstić information content (AvgIpc) is 2.16. The van der Waals surface area contributed by atoms with Gasteiger partial charge in [-0.05, 0) is 25.7 Å². The van der Waals surface area contributed by atoms with Crippen molar-refractivity contribution >= 4 is 11.9 Å². The van der Waals surface area contributed by atoms with Crippen molar-refractivity contribution in [1.29, 1.82) is 0 Å². The van der Waals surface area contributed by atoms with Gasteiger partial charge < -0.3 is 15.7 Å². The Balaban J connectivity index is 2.48. The molecule has 2 atom stereocenters. The normalized spacial score (nSPS) is 23.6. The summed E-state index contributed by atoms with van der Waals surface area (Å²) in [5.41, 5.74) is 5.51. The average molecular weight is 214 g/mol. The first-order chi connectivity index (χ1) is 7.00. The Labute approximate surface area is 89.2 Å². The number of carbonyl (C=O) groups excluding carboxylic acids is 1. The molecular formula is C10H18N2O3. The molecule has 0 aromatic rings. The zero-order chi connectivity index (χ0) is 11.4. The molecule has 0 bridgehead atoms. The van der Waals surface area contributed by atoms with E-state index in [4.69, 9.17) is 10.8 Å². The number of piperidine rings is 1. The quantitative estimate of drug-likeness (QED) is 0.695. The van der Waals surface area contributed by atoms with Crippen molar-refractivity contribution in [3.63, 3.8) is 0 Å². The van der Waals surface area contributed by atoms with Crippen LogP contribution in [0.2, 0.25) is 0 Å². The van der Waals surface area contributed by atoms with Crippen LogP contribution in [0.25, 0.3) is 0 Å². The summed E-state index contributed by atoms with van der Waals surface area (Å²) >= 11 is 0. The molecule has 15 heavy (non-hydrogen) atoms. The summed E-state index contributed by atoms with van der Waals surface area (Å²) in [4.78, 5) is 23.8. The van der Waals surface area contributed by atoms with E-state index in [-0.39, 0.29) is 18.2 Å². The smallest absolute Gasteiger partial charge is 0.303 e. The highest BCUT2D eigenvalue weighted by Crippen LogP contribution is 2.19. The Morgan fingerprint density at radius 3 is 2.80 bits per heavy atom. The fraction of sp³-hybridized carbons (Fsp3) is 0.800. The SMILES string of the molecule is C[C@@H](N)C(=O)N1CCCC(CC(=O)O)C1. The van der Waals surface area contributed by atoms with Gasteiger partial charge in [0.05, 0.1) is 6.04 Å². The molecule has 1 fully saturated rings. The molecule has 1 amide bonds. The fourth-order valence-electron chi connectivity index (χ4n) is 1.97. The first kappa shape index (κ1) is 12.0. The molecule has 3 N–H and O–H groups in total. The summed E-state index contributed by atoms with van der Waals surface area (Å²) in [6.07, 6.45) is 1.90. The van der Waals surface area contributed by atoms with E-state index in [0.29, 0.717) is 13.1 Å². The van der Waals surface area contributed by atoms with Gasteiger partial charge in [0.2, 0.25) is 5.91 Å². The summed E-state index contributed by atoms with van der Waals surface area (Å²) in [5.74, 6) is -0.792. The minimum atomic E-state index is -0.796. The maximum absolute atomic E-state index is 11.6. The number of nitrogens with zero attached hydrogens (tertiary/aromatic N) is 1. The summed E-state index contributed by atoms with van der Waals surface area (Å²) in [6, 6.07) is -0.492. The molecule has 5 heteroatoms. The van der Waals surface area contributed by atoms with E-state index in [1.165, 1.54) is 0 Å². The zero-order valence-corrected chi connectivity index (χ0v) is 8.98. The highest BCUT2D eigenvalue weighted by Gasteiger charge is 2.26. The van der Waals surface area contributed by atoms with E-state index in [9.17, 15) is 9.59 Å². The van der Waals surface area contributed by atoms with Gasteiger partial charge in [0, 0.05) is 19.5 Å². The third-order valence-electron chi connectivity index (χ3n) is 2.68. The van der Waals surface area contributed by atoms with Crippen LogP contribution in [-0.2, 0) is 9.59 Å². The predicted molar refractivity (Wildman–Crippen MR) is 55.2 cm³/mol. The fourth-order valence-corrected chi connectivity index (χ4v) is 1.97. The number of hydrogen-bond donors (Lipinski definition) is 2. The van der Waals surface area contributed by atoms with Crippen LogP contribution in [0.4, 0.5) is 0 Å². The summed E-state index contributed by atoms with van der Waals surface area (Å²) in [6.45, 7) is 2.90. The standard InChI is InChI=1S/C10H18N2O3/c1-7(11)10(15)12-4-2-3-8(6-12)5-9(13)14/h7-8H,2-6,11H2,1H3,(H,13,14)/t7-,8?/m1/s1. The number of carbonyl (C=O) groups is 2. The van der Waals surface area contributed by atoms with E-state index in [0.717, 1.165) is 12.8 Å². The Morgan fingerprint density at radius 1 is 1.60 bits per heavy atom. The first-order valence-electron chi connectivity index (χ1n) is 5.27. The van der Waals surface area contributed by atoms with Crippen molar-refractivity contribution in [2.75, 3.05) is 13.1 Å². The summed E-state index contributed by atoms with van der Waals surface area (Å²) < 4.78 is 0. The lowest BCUT2D eigenvalue weighted by Crippen LogP contribution is -2.47. The van der Waals surface area contributed by atoms with Crippen LogP contribution in [0.1, 0.15) is 26.2 Å². The van der Waals surface area contributed by atoms with Gasteiger partial charge in [-0.1, -0.05) is 0 Å². The van der Waals surface area contributed by atoms with Crippen molar-refractivity contribution in [2.24, 2.45) is 11.7 Å². The van der Waals surface area contributed by atoms with Crippen LogP contribution in [0, 0.1) is 5.92 Å².